The largest absolute Gasteiger partial charge is 0.396 e. The normalized spacial score (nSPS) is 10.2. The highest BCUT2D eigenvalue weighted by atomic mass is 16.2. The van der Waals surface area contributed by atoms with Gasteiger partial charge in [0.05, 0.1) is 6.33 Å². The van der Waals surface area contributed by atoms with Gasteiger partial charge in [-0.15, -0.1) is 0 Å². The smallest absolute Gasteiger partial charge is 0.220 e. The minimum Gasteiger partial charge on any atom is -0.396 e. The fourth-order valence-corrected chi connectivity index (χ4v) is 1.23. The Kier molecular flexibility index (Phi) is 5.47. The van der Waals surface area contributed by atoms with Crippen LogP contribution in [0.3, 0.4) is 0 Å². The summed E-state index contributed by atoms with van der Waals surface area (Å²) in [5.74, 6) is 0.0450. The zero-order valence-corrected chi connectivity index (χ0v) is 8.72. The summed E-state index contributed by atoms with van der Waals surface area (Å²) in [5.41, 5.74) is 0. The second-order valence-corrected chi connectivity index (χ2v) is 3.33. The molecule has 5 nitrogen and oxygen atoms in total. The molecule has 84 valence electrons. The van der Waals surface area contributed by atoms with Crippen molar-refractivity contribution in [3.63, 3.8) is 0 Å². The van der Waals surface area contributed by atoms with Gasteiger partial charge in [-0.1, -0.05) is 0 Å². The zero-order valence-electron chi connectivity index (χ0n) is 8.72. The Morgan fingerprint density at radius 3 is 3.00 bits per heavy atom. The maximum atomic E-state index is 11.2. The summed E-state index contributed by atoms with van der Waals surface area (Å²) in [5, 5.41) is 11.3. The van der Waals surface area contributed by atoms with Crippen molar-refractivity contribution in [1.82, 2.24) is 14.9 Å². The first-order valence-electron chi connectivity index (χ1n) is 5.16. The number of carbonyl (C=O) groups excluding carboxylic acids is 1. The average Bonchev–Trinajstić information content (AvgIpc) is 2.71. The second-order valence-electron chi connectivity index (χ2n) is 3.33. The molecule has 0 aliphatic rings. The van der Waals surface area contributed by atoms with E-state index in [0.29, 0.717) is 19.4 Å². The number of aliphatic hydroxyl groups is 1. The molecular weight excluding hydrogens is 194 g/mol. The lowest BCUT2D eigenvalue weighted by Crippen LogP contribution is -2.26. The number of aromatic nitrogens is 2. The number of hydrogen-bond donors (Lipinski definition) is 2. The summed E-state index contributed by atoms with van der Waals surface area (Å²) >= 11 is 0. The number of nitrogens with one attached hydrogen (secondary N) is 1. The van der Waals surface area contributed by atoms with E-state index in [0.717, 1.165) is 13.0 Å². The lowest BCUT2D eigenvalue weighted by molar-refractivity contribution is -0.121. The van der Waals surface area contributed by atoms with Gasteiger partial charge in [0.25, 0.3) is 0 Å². The molecule has 0 spiro atoms. The van der Waals surface area contributed by atoms with Crippen molar-refractivity contribution in [2.45, 2.75) is 25.8 Å². The number of carbonyl (C=O) groups is 1. The van der Waals surface area contributed by atoms with Gasteiger partial charge in [-0.3, -0.25) is 4.79 Å². The van der Waals surface area contributed by atoms with Crippen LogP contribution in [-0.2, 0) is 11.3 Å². The summed E-state index contributed by atoms with van der Waals surface area (Å²) < 4.78 is 1.91. The number of rotatable bonds is 7. The number of nitrogens with zero attached hydrogens (tertiary/aromatic N) is 2. The Morgan fingerprint density at radius 2 is 2.33 bits per heavy atom. The molecule has 5 heteroatoms. The molecule has 1 heterocycles. The maximum Gasteiger partial charge on any atom is 0.220 e. The predicted octanol–water partition coefficient (Wildman–Crippen LogP) is 0.162. The van der Waals surface area contributed by atoms with E-state index in [1.807, 2.05) is 10.8 Å². The van der Waals surface area contributed by atoms with Gasteiger partial charge in [-0.2, -0.15) is 0 Å². The van der Waals surface area contributed by atoms with Crippen molar-refractivity contribution in [1.29, 1.82) is 0 Å². The number of aliphatic hydroxyl groups excluding tert-OH is 1. The SMILES string of the molecule is O=C(CCCCO)NCCn1ccnc1. The molecule has 0 saturated heterocycles. The van der Waals surface area contributed by atoms with Crippen LogP contribution in [0, 0.1) is 0 Å². The first kappa shape index (κ1) is 11.7. The van der Waals surface area contributed by atoms with E-state index in [1.165, 1.54) is 0 Å². The molecule has 0 bridgehead atoms. The van der Waals surface area contributed by atoms with Gasteiger partial charge in [0.15, 0.2) is 0 Å². The minimum absolute atomic E-state index is 0.0450. The molecule has 1 aromatic rings. The Hall–Kier alpha value is -1.36. The third-order valence-corrected chi connectivity index (χ3v) is 2.06. The van der Waals surface area contributed by atoms with Crippen molar-refractivity contribution in [2.75, 3.05) is 13.2 Å². The van der Waals surface area contributed by atoms with E-state index < -0.39 is 0 Å². The summed E-state index contributed by atoms with van der Waals surface area (Å²) in [6.07, 6.45) is 7.21. The maximum absolute atomic E-state index is 11.2. The van der Waals surface area contributed by atoms with E-state index in [2.05, 4.69) is 10.3 Å². The quantitative estimate of drug-likeness (QED) is 0.631. The number of imidazole rings is 1. The van der Waals surface area contributed by atoms with Crippen molar-refractivity contribution < 1.29 is 9.90 Å². The van der Waals surface area contributed by atoms with Crippen molar-refractivity contribution in [3.05, 3.63) is 18.7 Å². The Bertz CT molecular complexity index is 272. The van der Waals surface area contributed by atoms with Gasteiger partial charge in [-0.25, -0.2) is 4.98 Å². The van der Waals surface area contributed by atoms with E-state index in [9.17, 15) is 4.79 Å². The molecule has 2 N–H and O–H groups in total. The Labute approximate surface area is 89.1 Å². The summed E-state index contributed by atoms with van der Waals surface area (Å²) in [4.78, 5) is 15.1. The van der Waals surface area contributed by atoms with Crippen LogP contribution in [0.25, 0.3) is 0 Å². The number of amides is 1. The standard InChI is InChI=1S/C10H17N3O2/c14-8-2-1-3-10(15)12-5-7-13-6-4-11-9-13/h4,6,9,14H,1-3,5,7-8H2,(H,12,15). The molecule has 0 fully saturated rings. The van der Waals surface area contributed by atoms with E-state index in [1.54, 1.807) is 12.5 Å². The number of unbranched alkanes of at least 4 members (excludes halogenated alkanes) is 1. The molecule has 15 heavy (non-hydrogen) atoms. The molecule has 0 unspecified atom stereocenters. The van der Waals surface area contributed by atoms with Gasteiger partial charge in [0.2, 0.25) is 5.91 Å². The first-order valence-corrected chi connectivity index (χ1v) is 5.16. The van der Waals surface area contributed by atoms with Crippen LogP contribution in [0.15, 0.2) is 18.7 Å². The average molecular weight is 211 g/mol. The highest BCUT2D eigenvalue weighted by Gasteiger charge is 1.99. The van der Waals surface area contributed by atoms with Crippen LogP contribution in [0.4, 0.5) is 0 Å². The topological polar surface area (TPSA) is 67.2 Å². The summed E-state index contributed by atoms with van der Waals surface area (Å²) in [7, 11) is 0. The first-order chi connectivity index (χ1) is 7.33. The molecule has 0 aromatic carbocycles. The van der Waals surface area contributed by atoms with Crippen LogP contribution in [0.5, 0.6) is 0 Å². The molecule has 0 saturated carbocycles. The van der Waals surface area contributed by atoms with E-state index in [4.69, 9.17) is 5.11 Å². The predicted molar refractivity (Wildman–Crippen MR) is 56.2 cm³/mol. The Balaban J connectivity index is 2.02. The van der Waals surface area contributed by atoms with E-state index >= 15 is 0 Å². The van der Waals surface area contributed by atoms with Gasteiger partial charge in [-0.05, 0) is 12.8 Å². The van der Waals surface area contributed by atoms with Crippen molar-refractivity contribution in [2.24, 2.45) is 0 Å². The van der Waals surface area contributed by atoms with E-state index in [-0.39, 0.29) is 12.5 Å². The zero-order chi connectivity index (χ0) is 10.9. The molecule has 1 rings (SSSR count). The third-order valence-electron chi connectivity index (χ3n) is 2.06. The van der Waals surface area contributed by atoms with Crippen molar-refractivity contribution >= 4 is 5.91 Å². The number of hydrogen-bond acceptors (Lipinski definition) is 3. The van der Waals surface area contributed by atoms with Crippen LogP contribution in [0.2, 0.25) is 0 Å². The van der Waals surface area contributed by atoms with Gasteiger partial charge < -0.3 is 15.0 Å². The van der Waals surface area contributed by atoms with Crippen LogP contribution in [-0.4, -0.2) is 33.7 Å². The third kappa shape index (κ3) is 5.17. The minimum atomic E-state index is 0.0450. The molecule has 1 amide bonds. The lowest BCUT2D eigenvalue weighted by atomic mass is 10.2. The summed E-state index contributed by atoms with van der Waals surface area (Å²) in [6, 6.07) is 0. The molecule has 0 aliphatic heterocycles. The monoisotopic (exact) mass is 211 g/mol. The van der Waals surface area contributed by atoms with Gasteiger partial charge >= 0.3 is 0 Å². The van der Waals surface area contributed by atoms with Crippen LogP contribution >= 0.6 is 0 Å². The van der Waals surface area contributed by atoms with Gasteiger partial charge in [0, 0.05) is 38.5 Å². The van der Waals surface area contributed by atoms with Crippen molar-refractivity contribution in [3.8, 4) is 0 Å². The molecule has 1 aromatic heterocycles. The van der Waals surface area contributed by atoms with Crippen LogP contribution < -0.4 is 5.32 Å². The summed E-state index contributed by atoms with van der Waals surface area (Å²) in [6.45, 7) is 1.52. The van der Waals surface area contributed by atoms with Gasteiger partial charge in [0.1, 0.15) is 0 Å². The molecule has 0 radical (unpaired) electrons. The highest BCUT2D eigenvalue weighted by molar-refractivity contribution is 5.75. The molecule has 0 atom stereocenters. The molecular formula is C10H17N3O2. The lowest BCUT2D eigenvalue weighted by Gasteiger charge is -2.05. The fraction of sp³-hybridized carbons (Fsp3) is 0.600. The Morgan fingerprint density at radius 1 is 1.47 bits per heavy atom. The fourth-order valence-electron chi connectivity index (χ4n) is 1.23. The second kappa shape index (κ2) is 7.00. The molecule has 0 aliphatic carbocycles. The van der Waals surface area contributed by atoms with Crippen LogP contribution in [0.1, 0.15) is 19.3 Å². The highest BCUT2D eigenvalue weighted by Crippen LogP contribution is 1.93.